The van der Waals surface area contributed by atoms with Gasteiger partial charge in [0.25, 0.3) is 0 Å². The molecule has 33 heavy (non-hydrogen) atoms. The average molecular weight is 448 g/mol. The molecule has 0 spiro atoms. The summed E-state index contributed by atoms with van der Waals surface area (Å²) in [5, 5.41) is 3.28. The molecule has 176 valence electrons. The molecule has 1 atom stereocenters. The maximum absolute atomic E-state index is 13.3. The second kappa shape index (κ2) is 11.5. The topological polar surface area (TPSA) is 52.7 Å². The molecule has 2 aliphatic heterocycles. The first-order chi connectivity index (χ1) is 16.1. The number of nitrogens with zero attached hydrogens (tertiary/aromatic N) is 2. The summed E-state index contributed by atoms with van der Waals surface area (Å²) >= 11 is 0. The molecule has 2 saturated heterocycles. The number of likely N-dealkylation sites (tertiary alicyclic amines) is 2. The van der Waals surface area contributed by atoms with Crippen molar-refractivity contribution in [1.29, 1.82) is 0 Å². The van der Waals surface area contributed by atoms with Gasteiger partial charge in [0, 0.05) is 19.0 Å². The van der Waals surface area contributed by atoms with Crippen LogP contribution in [-0.4, -0.2) is 53.8 Å². The van der Waals surface area contributed by atoms with Crippen LogP contribution in [0.1, 0.15) is 62.6 Å². The molecule has 0 bridgehead atoms. The predicted molar refractivity (Wildman–Crippen MR) is 132 cm³/mol. The zero-order chi connectivity index (χ0) is 23.0. The Morgan fingerprint density at radius 3 is 1.82 bits per heavy atom. The van der Waals surface area contributed by atoms with Crippen LogP contribution in [0.5, 0.6) is 0 Å². The Morgan fingerprint density at radius 2 is 1.30 bits per heavy atom. The molecule has 2 amide bonds. The van der Waals surface area contributed by atoms with Crippen LogP contribution in [0.25, 0.3) is 0 Å². The minimum absolute atomic E-state index is 0.0324. The molecular weight excluding hydrogens is 410 g/mol. The number of hydrogen-bond donors (Lipinski definition) is 1. The van der Waals surface area contributed by atoms with Crippen molar-refractivity contribution in [2.24, 2.45) is 5.92 Å². The van der Waals surface area contributed by atoms with E-state index >= 15 is 0 Å². The lowest BCUT2D eigenvalue weighted by molar-refractivity contribution is -0.137. The highest BCUT2D eigenvalue weighted by molar-refractivity contribution is 5.82. The number of amides is 2. The zero-order valence-corrected chi connectivity index (χ0v) is 19.8. The first-order valence-electron chi connectivity index (χ1n) is 12.6. The largest absolute Gasteiger partial charge is 0.344 e. The van der Waals surface area contributed by atoms with E-state index in [0.717, 1.165) is 63.0 Å². The van der Waals surface area contributed by atoms with Gasteiger partial charge in [0.05, 0.1) is 12.1 Å². The molecule has 2 aliphatic rings. The van der Waals surface area contributed by atoms with Crippen molar-refractivity contribution < 1.29 is 9.59 Å². The van der Waals surface area contributed by atoms with E-state index in [4.69, 9.17) is 0 Å². The highest BCUT2D eigenvalue weighted by Gasteiger charge is 2.32. The molecular formula is C28H37N3O2. The van der Waals surface area contributed by atoms with Crippen molar-refractivity contribution in [3.63, 3.8) is 0 Å². The Hall–Kier alpha value is -2.66. The van der Waals surface area contributed by atoms with E-state index in [0.29, 0.717) is 5.91 Å². The van der Waals surface area contributed by atoms with E-state index in [9.17, 15) is 9.59 Å². The molecule has 0 radical (unpaired) electrons. The molecule has 0 unspecified atom stereocenters. The third-order valence-corrected chi connectivity index (χ3v) is 7.28. The Balaban J connectivity index is 1.35. The third kappa shape index (κ3) is 6.02. The van der Waals surface area contributed by atoms with Gasteiger partial charge < -0.3 is 10.2 Å². The molecule has 0 aliphatic carbocycles. The molecule has 5 heteroatoms. The van der Waals surface area contributed by atoms with Crippen LogP contribution in [0.3, 0.4) is 0 Å². The minimum Gasteiger partial charge on any atom is -0.344 e. The maximum atomic E-state index is 13.3. The van der Waals surface area contributed by atoms with Crippen LogP contribution in [-0.2, 0) is 9.59 Å². The Kier molecular flexibility index (Phi) is 8.16. The summed E-state index contributed by atoms with van der Waals surface area (Å²) < 4.78 is 0. The van der Waals surface area contributed by atoms with Crippen molar-refractivity contribution >= 4 is 11.8 Å². The van der Waals surface area contributed by atoms with Crippen LogP contribution in [0.4, 0.5) is 0 Å². The van der Waals surface area contributed by atoms with Crippen molar-refractivity contribution in [3.8, 4) is 0 Å². The summed E-state index contributed by atoms with van der Waals surface area (Å²) in [5.41, 5.74) is 2.15. The summed E-state index contributed by atoms with van der Waals surface area (Å²) in [7, 11) is 0. The molecule has 2 aromatic carbocycles. The van der Waals surface area contributed by atoms with Gasteiger partial charge in [-0.2, -0.15) is 0 Å². The predicted octanol–water partition coefficient (Wildman–Crippen LogP) is 4.40. The molecule has 5 nitrogen and oxygen atoms in total. The summed E-state index contributed by atoms with van der Waals surface area (Å²) in [4.78, 5) is 30.6. The van der Waals surface area contributed by atoms with Gasteiger partial charge in [-0.25, -0.2) is 0 Å². The maximum Gasteiger partial charge on any atom is 0.237 e. The average Bonchev–Trinajstić information content (AvgIpc) is 3.17. The molecule has 2 aromatic rings. The number of nitrogens with one attached hydrogen (secondary N) is 1. The molecule has 4 rings (SSSR count). The third-order valence-electron chi connectivity index (χ3n) is 7.28. The normalized spacial score (nSPS) is 19.2. The molecule has 2 heterocycles. The van der Waals surface area contributed by atoms with Crippen LogP contribution in [0.2, 0.25) is 0 Å². The Morgan fingerprint density at radius 1 is 0.788 bits per heavy atom. The lowest BCUT2D eigenvalue weighted by Crippen LogP contribution is -2.50. The summed E-state index contributed by atoms with van der Waals surface area (Å²) in [6.45, 7) is 5.40. The van der Waals surface area contributed by atoms with Gasteiger partial charge in [0.2, 0.25) is 11.8 Å². The van der Waals surface area contributed by atoms with Crippen molar-refractivity contribution in [2.75, 3.05) is 26.2 Å². The van der Waals surface area contributed by atoms with Gasteiger partial charge in [0.15, 0.2) is 0 Å². The lowest BCUT2D eigenvalue weighted by Gasteiger charge is -2.37. The number of carbonyl (C=O) groups is 2. The van der Waals surface area contributed by atoms with Gasteiger partial charge in [-0.3, -0.25) is 14.5 Å². The lowest BCUT2D eigenvalue weighted by atomic mass is 9.94. The molecule has 2 fully saturated rings. The van der Waals surface area contributed by atoms with Crippen molar-refractivity contribution in [3.05, 3.63) is 71.8 Å². The Labute approximate surface area is 198 Å². The molecule has 0 saturated carbocycles. The Bertz CT molecular complexity index is 846. The van der Waals surface area contributed by atoms with E-state index in [-0.39, 0.29) is 23.9 Å². The van der Waals surface area contributed by atoms with Crippen LogP contribution < -0.4 is 5.32 Å². The standard InChI is InChI=1S/C28H37N3O2/c1-22(30-20-16-25(17-21-30)28(33)31-18-10-2-3-11-19-31)27(32)29-26(23-12-6-4-7-13-23)24-14-8-5-9-15-24/h4-9,12-15,22,25-26H,2-3,10-11,16-21H2,1H3,(H,29,32)/t22-/m1/s1. The fourth-order valence-corrected chi connectivity index (χ4v) is 5.16. The van der Waals surface area contributed by atoms with E-state index in [2.05, 4.69) is 39.4 Å². The quantitative estimate of drug-likeness (QED) is 0.714. The summed E-state index contributed by atoms with van der Waals surface area (Å²) in [6.07, 6.45) is 6.42. The number of carbonyl (C=O) groups excluding carboxylic acids is 2. The van der Waals surface area contributed by atoms with Gasteiger partial charge in [-0.1, -0.05) is 73.5 Å². The van der Waals surface area contributed by atoms with E-state index < -0.39 is 0 Å². The second-order valence-corrected chi connectivity index (χ2v) is 9.49. The smallest absolute Gasteiger partial charge is 0.237 e. The highest BCUT2D eigenvalue weighted by atomic mass is 16.2. The molecule has 1 N–H and O–H groups in total. The van der Waals surface area contributed by atoms with Gasteiger partial charge in [0.1, 0.15) is 0 Å². The fraction of sp³-hybridized carbons (Fsp3) is 0.500. The summed E-state index contributed by atoms with van der Waals surface area (Å²) in [5.74, 6) is 0.475. The number of hydrogen-bond acceptors (Lipinski definition) is 3. The monoisotopic (exact) mass is 447 g/mol. The number of benzene rings is 2. The zero-order valence-electron chi connectivity index (χ0n) is 19.8. The second-order valence-electron chi connectivity index (χ2n) is 9.49. The van der Waals surface area contributed by atoms with Crippen LogP contribution in [0.15, 0.2) is 60.7 Å². The highest BCUT2D eigenvalue weighted by Crippen LogP contribution is 2.25. The number of piperidine rings is 1. The van der Waals surface area contributed by atoms with Gasteiger partial charge >= 0.3 is 0 Å². The van der Waals surface area contributed by atoms with Gasteiger partial charge in [-0.15, -0.1) is 0 Å². The SMILES string of the molecule is C[C@H](C(=O)NC(c1ccccc1)c1ccccc1)N1CCC(C(=O)N2CCCCCC2)CC1. The first-order valence-corrected chi connectivity index (χ1v) is 12.6. The number of rotatable bonds is 6. The van der Waals surface area contributed by atoms with E-state index in [1.54, 1.807) is 0 Å². The van der Waals surface area contributed by atoms with Crippen LogP contribution in [0, 0.1) is 5.92 Å². The van der Waals surface area contributed by atoms with E-state index in [1.165, 1.54) is 12.8 Å². The molecule has 0 aromatic heterocycles. The van der Waals surface area contributed by atoms with Crippen molar-refractivity contribution in [2.45, 2.75) is 57.5 Å². The fourth-order valence-electron chi connectivity index (χ4n) is 5.16. The summed E-state index contributed by atoms with van der Waals surface area (Å²) in [6, 6.07) is 19.8. The van der Waals surface area contributed by atoms with Crippen molar-refractivity contribution in [1.82, 2.24) is 15.1 Å². The minimum atomic E-state index is -0.228. The van der Waals surface area contributed by atoms with E-state index in [1.807, 2.05) is 43.3 Å². The first kappa shape index (κ1) is 23.5. The van der Waals surface area contributed by atoms with Gasteiger partial charge in [-0.05, 0) is 56.8 Å². The van der Waals surface area contributed by atoms with Crippen LogP contribution >= 0.6 is 0 Å².